The molecule has 2 aromatic rings. The lowest BCUT2D eigenvalue weighted by molar-refractivity contribution is 0.102. The summed E-state index contributed by atoms with van der Waals surface area (Å²) < 4.78 is 0. The maximum atomic E-state index is 12.0. The number of anilines is 2. The first-order valence-electron chi connectivity index (χ1n) is 6.06. The summed E-state index contributed by atoms with van der Waals surface area (Å²) in [6, 6.07) is 5.81. The van der Waals surface area contributed by atoms with Crippen LogP contribution in [0.4, 0.5) is 10.8 Å². The molecule has 100 valence electrons. The van der Waals surface area contributed by atoms with Gasteiger partial charge in [0, 0.05) is 12.2 Å². The van der Waals surface area contributed by atoms with Crippen LogP contribution in [0.1, 0.15) is 27.9 Å². The van der Waals surface area contributed by atoms with Crippen LogP contribution in [0.5, 0.6) is 0 Å². The van der Waals surface area contributed by atoms with E-state index in [0.717, 1.165) is 17.8 Å². The van der Waals surface area contributed by atoms with E-state index in [2.05, 4.69) is 20.8 Å². The Balaban J connectivity index is 2.09. The third kappa shape index (κ3) is 3.29. The number of rotatable bonds is 4. The van der Waals surface area contributed by atoms with E-state index in [9.17, 15) is 4.79 Å². The third-order valence-corrected chi connectivity index (χ3v) is 3.59. The van der Waals surface area contributed by atoms with Crippen LogP contribution in [-0.2, 0) is 0 Å². The maximum absolute atomic E-state index is 12.0. The Bertz CT molecular complexity index is 594. The van der Waals surface area contributed by atoms with Crippen molar-refractivity contribution in [2.45, 2.75) is 20.8 Å². The molecule has 2 rings (SSSR count). The molecule has 5 nitrogen and oxygen atoms in total. The summed E-state index contributed by atoms with van der Waals surface area (Å²) in [6.45, 7) is 6.78. The second kappa shape index (κ2) is 5.79. The summed E-state index contributed by atoms with van der Waals surface area (Å²) in [7, 11) is 0. The molecule has 1 amide bonds. The van der Waals surface area contributed by atoms with Gasteiger partial charge in [0.15, 0.2) is 0 Å². The summed E-state index contributed by atoms with van der Waals surface area (Å²) in [5, 5.41) is 14.6. The molecule has 0 bridgehead atoms. The number of amides is 1. The average molecular weight is 276 g/mol. The van der Waals surface area contributed by atoms with E-state index < -0.39 is 0 Å². The van der Waals surface area contributed by atoms with E-state index >= 15 is 0 Å². The van der Waals surface area contributed by atoms with Crippen molar-refractivity contribution in [1.82, 2.24) is 10.2 Å². The highest BCUT2D eigenvalue weighted by Gasteiger charge is 2.12. The van der Waals surface area contributed by atoms with Gasteiger partial charge in [-0.15, -0.1) is 10.2 Å². The topological polar surface area (TPSA) is 66.9 Å². The normalized spacial score (nSPS) is 10.3. The van der Waals surface area contributed by atoms with Gasteiger partial charge in [-0.2, -0.15) is 0 Å². The van der Waals surface area contributed by atoms with Gasteiger partial charge in [0.1, 0.15) is 0 Å². The first kappa shape index (κ1) is 13.5. The number of nitrogens with zero attached hydrogens (tertiary/aromatic N) is 2. The first-order valence-corrected chi connectivity index (χ1v) is 6.87. The molecule has 19 heavy (non-hydrogen) atoms. The van der Waals surface area contributed by atoms with E-state index in [1.807, 2.05) is 39.0 Å². The Morgan fingerprint density at radius 1 is 1.26 bits per heavy atom. The van der Waals surface area contributed by atoms with Crippen LogP contribution >= 0.6 is 11.3 Å². The molecule has 1 aromatic carbocycles. The molecule has 6 heteroatoms. The quantitative estimate of drug-likeness (QED) is 0.901. The van der Waals surface area contributed by atoms with Crippen molar-refractivity contribution in [3.8, 4) is 0 Å². The highest BCUT2D eigenvalue weighted by Crippen LogP contribution is 2.18. The van der Waals surface area contributed by atoms with Gasteiger partial charge >= 0.3 is 0 Å². The molecular formula is C13H16N4OS. The summed E-state index contributed by atoms with van der Waals surface area (Å²) >= 11 is 1.25. The highest BCUT2D eigenvalue weighted by molar-refractivity contribution is 7.17. The van der Waals surface area contributed by atoms with Gasteiger partial charge in [-0.25, -0.2) is 0 Å². The number of hydrogen-bond donors (Lipinski definition) is 2. The molecule has 0 saturated carbocycles. The van der Waals surface area contributed by atoms with Crippen molar-refractivity contribution in [1.29, 1.82) is 0 Å². The molecule has 0 radical (unpaired) electrons. The predicted molar refractivity (Wildman–Crippen MR) is 77.9 cm³/mol. The molecule has 1 aromatic heterocycles. The van der Waals surface area contributed by atoms with Gasteiger partial charge < -0.3 is 10.6 Å². The van der Waals surface area contributed by atoms with Crippen LogP contribution < -0.4 is 10.6 Å². The summed E-state index contributed by atoms with van der Waals surface area (Å²) in [5.74, 6) is -0.232. The fraction of sp³-hybridized carbons (Fsp3) is 0.308. The fourth-order valence-corrected chi connectivity index (χ4v) is 2.25. The van der Waals surface area contributed by atoms with Crippen LogP contribution in [0.25, 0.3) is 0 Å². The lowest BCUT2D eigenvalue weighted by Gasteiger charge is -2.05. The molecule has 1 heterocycles. The zero-order chi connectivity index (χ0) is 13.8. The molecule has 0 atom stereocenters. The average Bonchev–Trinajstić information content (AvgIpc) is 2.83. The minimum Gasteiger partial charge on any atom is -0.360 e. The lowest BCUT2D eigenvalue weighted by atomic mass is 10.1. The third-order valence-electron chi connectivity index (χ3n) is 2.71. The van der Waals surface area contributed by atoms with E-state index in [1.165, 1.54) is 16.9 Å². The Hall–Kier alpha value is -1.95. The number of carbonyl (C=O) groups excluding carboxylic acids is 1. The van der Waals surface area contributed by atoms with E-state index in [-0.39, 0.29) is 5.91 Å². The van der Waals surface area contributed by atoms with Crippen LogP contribution in [0.3, 0.4) is 0 Å². The Labute approximate surface area is 116 Å². The molecule has 0 unspecified atom stereocenters. The van der Waals surface area contributed by atoms with Crippen molar-refractivity contribution >= 4 is 28.1 Å². The largest absolute Gasteiger partial charge is 0.360 e. The summed E-state index contributed by atoms with van der Waals surface area (Å²) in [5.41, 5.74) is 3.11. The van der Waals surface area contributed by atoms with Crippen molar-refractivity contribution in [3.63, 3.8) is 0 Å². The molecule has 0 aliphatic heterocycles. The van der Waals surface area contributed by atoms with Crippen molar-refractivity contribution < 1.29 is 4.79 Å². The van der Waals surface area contributed by atoms with E-state index in [4.69, 9.17) is 0 Å². The SMILES string of the molecule is CCNc1nnc(C(=O)Nc2ccc(C)c(C)c2)s1. The lowest BCUT2D eigenvalue weighted by Crippen LogP contribution is -2.11. The number of aryl methyl sites for hydroxylation is 2. The zero-order valence-electron chi connectivity index (χ0n) is 11.2. The molecule has 0 aliphatic rings. The van der Waals surface area contributed by atoms with Gasteiger partial charge in [-0.1, -0.05) is 17.4 Å². The standard InChI is InChI=1S/C13H16N4OS/c1-4-14-13-17-16-12(19-13)11(18)15-10-6-5-8(2)9(3)7-10/h5-7H,4H2,1-3H3,(H,14,17)(H,15,18). The number of hydrogen-bond acceptors (Lipinski definition) is 5. The van der Waals surface area contributed by atoms with E-state index in [1.54, 1.807) is 0 Å². The van der Waals surface area contributed by atoms with Crippen LogP contribution in [0.2, 0.25) is 0 Å². The summed E-state index contributed by atoms with van der Waals surface area (Å²) in [6.07, 6.45) is 0. The summed E-state index contributed by atoms with van der Waals surface area (Å²) in [4.78, 5) is 12.0. The van der Waals surface area contributed by atoms with Gasteiger partial charge in [-0.05, 0) is 44.0 Å². The molecule has 0 saturated heterocycles. The maximum Gasteiger partial charge on any atom is 0.286 e. The predicted octanol–water partition coefficient (Wildman–Crippen LogP) is 2.84. The fourth-order valence-electron chi connectivity index (χ4n) is 1.54. The molecular weight excluding hydrogens is 260 g/mol. The monoisotopic (exact) mass is 276 g/mol. The van der Waals surface area contributed by atoms with Crippen LogP contribution in [0, 0.1) is 13.8 Å². The Morgan fingerprint density at radius 2 is 2.05 bits per heavy atom. The highest BCUT2D eigenvalue weighted by atomic mass is 32.1. The van der Waals surface area contributed by atoms with Gasteiger partial charge in [0.05, 0.1) is 0 Å². The smallest absolute Gasteiger partial charge is 0.286 e. The minimum atomic E-state index is -0.232. The molecule has 0 spiro atoms. The second-order valence-corrected chi connectivity index (χ2v) is 5.17. The van der Waals surface area contributed by atoms with Crippen molar-refractivity contribution in [3.05, 3.63) is 34.3 Å². The van der Waals surface area contributed by atoms with Gasteiger partial charge in [-0.3, -0.25) is 4.79 Å². The van der Waals surface area contributed by atoms with Crippen molar-refractivity contribution in [2.75, 3.05) is 17.2 Å². The number of aromatic nitrogens is 2. The number of nitrogens with one attached hydrogen (secondary N) is 2. The first-order chi connectivity index (χ1) is 9.10. The zero-order valence-corrected chi connectivity index (χ0v) is 12.0. The minimum absolute atomic E-state index is 0.232. The number of carbonyl (C=O) groups is 1. The number of benzene rings is 1. The molecule has 2 N–H and O–H groups in total. The Kier molecular flexibility index (Phi) is 4.11. The van der Waals surface area contributed by atoms with Crippen LogP contribution in [0.15, 0.2) is 18.2 Å². The van der Waals surface area contributed by atoms with Crippen LogP contribution in [-0.4, -0.2) is 22.6 Å². The van der Waals surface area contributed by atoms with Crippen molar-refractivity contribution in [2.24, 2.45) is 0 Å². The van der Waals surface area contributed by atoms with Gasteiger partial charge in [0.2, 0.25) is 10.1 Å². The Morgan fingerprint density at radius 3 is 2.74 bits per heavy atom. The molecule has 0 aliphatic carbocycles. The van der Waals surface area contributed by atoms with Gasteiger partial charge in [0.25, 0.3) is 5.91 Å². The second-order valence-electron chi connectivity index (χ2n) is 4.20. The van der Waals surface area contributed by atoms with E-state index in [0.29, 0.717) is 10.1 Å². The molecule has 0 fully saturated rings.